The summed E-state index contributed by atoms with van der Waals surface area (Å²) in [5.74, 6) is -0.303. The molecule has 1 unspecified atom stereocenters. The van der Waals surface area contributed by atoms with Crippen LogP contribution in [0.5, 0.6) is 0 Å². The normalized spacial score (nSPS) is 21.3. The molecule has 0 aliphatic heterocycles. The zero-order chi connectivity index (χ0) is 11.3. The summed E-state index contributed by atoms with van der Waals surface area (Å²) in [5.41, 5.74) is 5.69. The monoisotopic (exact) mass is 214 g/mol. The Labute approximate surface area is 91.2 Å². The zero-order valence-corrected chi connectivity index (χ0v) is 9.41. The fourth-order valence-corrected chi connectivity index (χ4v) is 2.04. The van der Waals surface area contributed by atoms with Crippen LogP contribution in [0.4, 0.5) is 0 Å². The second-order valence-electron chi connectivity index (χ2n) is 4.39. The average Bonchev–Trinajstić information content (AvgIpc) is 2.69. The highest BCUT2D eigenvalue weighted by molar-refractivity contribution is 5.81. The fraction of sp³-hybridized carbons (Fsp3) is 0.909. The van der Waals surface area contributed by atoms with Gasteiger partial charge in [-0.05, 0) is 19.3 Å². The molecule has 1 rings (SSSR count). The number of carbonyl (C=O) groups excluding carboxylic acids is 1. The molecule has 0 aromatic rings. The molecule has 0 aromatic carbocycles. The first-order valence-electron chi connectivity index (χ1n) is 5.89. The summed E-state index contributed by atoms with van der Waals surface area (Å²) in [7, 11) is 0. The molecular weight excluding hydrogens is 192 g/mol. The van der Waals surface area contributed by atoms with Crippen molar-refractivity contribution in [1.82, 2.24) is 5.32 Å². The predicted octanol–water partition coefficient (Wildman–Crippen LogP) is 0.533. The number of aliphatic hydroxyl groups excluding tert-OH is 1. The summed E-state index contributed by atoms with van der Waals surface area (Å²) in [6.45, 7) is 1.99. The van der Waals surface area contributed by atoms with Gasteiger partial charge < -0.3 is 16.2 Å². The maximum Gasteiger partial charge on any atom is 0.250 e. The predicted molar refractivity (Wildman–Crippen MR) is 59.3 cm³/mol. The minimum absolute atomic E-state index is 0.251. The largest absolute Gasteiger partial charge is 0.382 e. The van der Waals surface area contributed by atoms with Crippen LogP contribution in [0.2, 0.25) is 0 Å². The van der Waals surface area contributed by atoms with Gasteiger partial charge in [0.05, 0.1) is 0 Å². The molecule has 1 aliphatic rings. The summed E-state index contributed by atoms with van der Waals surface area (Å²) in [6.07, 6.45) is 4.91. The molecule has 1 fully saturated rings. The summed E-state index contributed by atoms with van der Waals surface area (Å²) in [6, 6.07) is -0.183. The number of hydrogen-bond acceptors (Lipinski definition) is 3. The van der Waals surface area contributed by atoms with Crippen LogP contribution in [0.15, 0.2) is 0 Å². The SMILES string of the molecule is CCC[C@H](N)C(O)C(=O)NC1CCCC1. The number of nitrogens with two attached hydrogens (primary N) is 1. The van der Waals surface area contributed by atoms with Gasteiger partial charge in [0.25, 0.3) is 5.91 Å². The first kappa shape index (κ1) is 12.5. The molecule has 4 heteroatoms. The molecule has 1 aliphatic carbocycles. The third kappa shape index (κ3) is 3.80. The molecule has 88 valence electrons. The second-order valence-corrected chi connectivity index (χ2v) is 4.39. The molecule has 4 nitrogen and oxygen atoms in total. The van der Waals surface area contributed by atoms with Crippen molar-refractivity contribution >= 4 is 5.91 Å². The van der Waals surface area contributed by atoms with E-state index in [-0.39, 0.29) is 11.9 Å². The van der Waals surface area contributed by atoms with Crippen molar-refractivity contribution in [3.63, 3.8) is 0 Å². The van der Waals surface area contributed by atoms with Crippen LogP contribution in [0.25, 0.3) is 0 Å². The molecule has 0 heterocycles. The van der Waals surface area contributed by atoms with Gasteiger partial charge >= 0.3 is 0 Å². The summed E-state index contributed by atoms with van der Waals surface area (Å²) in [5, 5.41) is 12.5. The van der Waals surface area contributed by atoms with Crippen LogP contribution < -0.4 is 11.1 Å². The van der Waals surface area contributed by atoms with E-state index in [0.29, 0.717) is 6.42 Å². The van der Waals surface area contributed by atoms with E-state index in [4.69, 9.17) is 5.73 Å². The summed E-state index contributed by atoms with van der Waals surface area (Å²) >= 11 is 0. The van der Waals surface area contributed by atoms with Crippen molar-refractivity contribution in [2.75, 3.05) is 0 Å². The first-order valence-corrected chi connectivity index (χ1v) is 5.89. The van der Waals surface area contributed by atoms with Crippen LogP contribution in [-0.4, -0.2) is 29.2 Å². The van der Waals surface area contributed by atoms with Crippen LogP contribution >= 0.6 is 0 Å². The quantitative estimate of drug-likeness (QED) is 0.625. The van der Waals surface area contributed by atoms with Crippen LogP contribution in [-0.2, 0) is 4.79 Å². The van der Waals surface area contributed by atoms with Gasteiger partial charge in [0.2, 0.25) is 0 Å². The lowest BCUT2D eigenvalue weighted by Crippen LogP contribution is -2.48. The standard InChI is InChI=1S/C11H22N2O2/c1-2-5-9(12)10(14)11(15)13-8-6-3-4-7-8/h8-10,14H,2-7,12H2,1H3,(H,13,15)/t9-,10?/m0/s1. The Kier molecular flexibility index (Phi) is 5.05. The fourth-order valence-electron chi connectivity index (χ4n) is 2.04. The van der Waals surface area contributed by atoms with Crippen molar-refractivity contribution in [3.05, 3.63) is 0 Å². The van der Waals surface area contributed by atoms with Crippen LogP contribution in [0.1, 0.15) is 45.4 Å². The Morgan fingerprint density at radius 3 is 2.67 bits per heavy atom. The van der Waals surface area contributed by atoms with Gasteiger partial charge in [-0.3, -0.25) is 4.79 Å². The van der Waals surface area contributed by atoms with E-state index in [2.05, 4.69) is 5.32 Å². The molecule has 1 amide bonds. The third-order valence-electron chi connectivity index (χ3n) is 3.00. The van der Waals surface area contributed by atoms with Gasteiger partial charge in [-0.2, -0.15) is 0 Å². The molecule has 15 heavy (non-hydrogen) atoms. The average molecular weight is 214 g/mol. The Hall–Kier alpha value is -0.610. The van der Waals surface area contributed by atoms with E-state index in [1.165, 1.54) is 12.8 Å². The molecule has 2 atom stereocenters. The van der Waals surface area contributed by atoms with Gasteiger partial charge in [0, 0.05) is 12.1 Å². The minimum Gasteiger partial charge on any atom is -0.382 e. The highest BCUT2D eigenvalue weighted by atomic mass is 16.3. The Balaban J connectivity index is 2.31. The van der Waals surface area contributed by atoms with E-state index < -0.39 is 12.1 Å². The number of nitrogens with one attached hydrogen (secondary N) is 1. The number of aliphatic hydroxyl groups is 1. The molecular formula is C11H22N2O2. The summed E-state index contributed by atoms with van der Waals surface area (Å²) in [4.78, 5) is 11.6. The van der Waals surface area contributed by atoms with E-state index in [0.717, 1.165) is 19.3 Å². The molecule has 0 radical (unpaired) electrons. The van der Waals surface area contributed by atoms with Gasteiger partial charge in [0.15, 0.2) is 0 Å². The Bertz CT molecular complexity index is 203. The number of amides is 1. The molecule has 0 saturated heterocycles. The van der Waals surface area contributed by atoms with Crippen LogP contribution in [0.3, 0.4) is 0 Å². The van der Waals surface area contributed by atoms with Gasteiger partial charge in [0.1, 0.15) is 6.10 Å². The molecule has 4 N–H and O–H groups in total. The maximum absolute atomic E-state index is 11.6. The third-order valence-corrected chi connectivity index (χ3v) is 3.00. The molecule has 1 saturated carbocycles. The van der Waals surface area contributed by atoms with Crippen molar-refractivity contribution in [1.29, 1.82) is 0 Å². The minimum atomic E-state index is -1.05. The van der Waals surface area contributed by atoms with Crippen LogP contribution in [0, 0.1) is 0 Å². The lowest BCUT2D eigenvalue weighted by molar-refractivity contribution is -0.131. The van der Waals surface area contributed by atoms with E-state index in [9.17, 15) is 9.90 Å². The smallest absolute Gasteiger partial charge is 0.250 e. The zero-order valence-electron chi connectivity index (χ0n) is 9.41. The van der Waals surface area contributed by atoms with Gasteiger partial charge in [-0.25, -0.2) is 0 Å². The topological polar surface area (TPSA) is 75.3 Å². The van der Waals surface area contributed by atoms with E-state index in [1.54, 1.807) is 0 Å². The van der Waals surface area contributed by atoms with Crippen molar-refractivity contribution < 1.29 is 9.90 Å². The number of rotatable bonds is 5. The lowest BCUT2D eigenvalue weighted by atomic mass is 10.1. The van der Waals surface area contributed by atoms with E-state index in [1.807, 2.05) is 6.92 Å². The Morgan fingerprint density at radius 1 is 1.53 bits per heavy atom. The summed E-state index contributed by atoms with van der Waals surface area (Å²) < 4.78 is 0. The van der Waals surface area contributed by atoms with Crippen molar-refractivity contribution in [2.45, 2.75) is 63.6 Å². The van der Waals surface area contributed by atoms with Crippen molar-refractivity contribution in [2.24, 2.45) is 5.73 Å². The number of carbonyl (C=O) groups is 1. The van der Waals surface area contributed by atoms with Crippen molar-refractivity contribution in [3.8, 4) is 0 Å². The molecule has 0 spiro atoms. The van der Waals surface area contributed by atoms with Gasteiger partial charge in [-0.15, -0.1) is 0 Å². The molecule has 0 bridgehead atoms. The maximum atomic E-state index is 11.6. The highest BCUT2D eigenvalue weighted by Gasteiger charge is 2.25. The highest BCUT2D eigenvalue weighted by Crippen LogP contribution is 2.17. The lowest BCUT2D eigenvalue weighted by Gasteiger charge is -2.20. The Morgan fingerprint density at radius 2 is 2.13 bits per heavy atom. The van der Waals surface area contributed by atoms with E-state index >= 15 is 0 Å². The first-order chi connectivity index (χ1) is 7.15. The number of hydrogen-bond donors (Lipinski definition) is 3. The van der Waals surface area contributed by atoms with Gasteiger partial charge in [-0.1, -0.05) is 26.2 Å². The molecule has 0 aromatic heterocycles. The second kappa shape index (κ2) is 6.08.